The number of aryl methyl sites for hydroxylation is 2. The summed E-state index contributed by atoms with van der Waals surface area (Å²) in [4.78, 5) is 4.77. The van der Waals surface area contributed by atoms with Gasteiger partial charge in [-0.25, -0.2) is 18.1 Å². The van der Waals surface area contributed by atoms with Gasteiger partial charge in [-0.15, -0.1) is 11.3 Å². The van der Waals surface area contributed by atoms with E-state index >= 15 is 0 Å². The van der Waals surface area contributed by atoms with Crippen LogP contribution in [0, 0.1) is 0 Å². The highest BCUT2D eigenvalue weighted by Gasteiger charge is 2.17. The largest absolute Gasteiger partial charge is 0.378 e. The maximum atomic E-state index is 12.5. The Balaban J connectivity index is 1.61. The normalized spacial score (nSPS) is 14.5. The second kappa shape index (κ2) is 7.74. The Kier molecular flexibility index (Phi) is 5.65. The summed E-state index contributed by atoms with van der Waals surface area (Å²) >= 11 is 1.53. The molecule has 1 aliphatic rings. The Bertz CT molecular complexity index is 800. The SMILES string of the molecule is COCc1nc(CCNS(=O)(=O)c2ccc3c(c2)CCCC3)cs1. The van der Waals surface area contributed by atoms with E-state index in [-0.39, 0.29) is 0 Å². The van der Waals surface area contributed by atoms with Gasteiger partial charge in [0.1, 0.15) is 5.01 Å². The van der Waals surface area contributed by atoms with Gasteiger partial charge in [-0.1, -0.05) is 6.07 Å². The van der Waals surface area contributed by atoms with Crippen molar-refractivity contribution in [3.05, 3.63) is 45.4 Å². The van der Waals surface area contributed by atoms with E-state index in [1.165, 1.54) is 28.9 Å². The molecule has 1 aromatic carbocycles. The number of ether oxygens (including phenoxy) is 1. The number of nitrogens with one attached hydrogen (secondary N) is 1. The van der Waals surface area contributed by atoms with Crippen LogP contribution in [0.5, 0.6) is 0 Å². The molecule has 0 spiro atoms. The second-order valence-electron chi connectivity index (χ2n) is 5.95. The molecule has 2 aromatic rings. The quantitative estimate of drug-likeness (QED) is 0.818. The van der Waals surface area contributed by atoms with E-state index < -0.39 is 10.0 Å². The van der Waals surface area contributed by atoms with Crippen molar-refractivity contribution in [3.63, 3.8) is 0 Å². The van der Waals surface area contributed by atoms with Crippen molar-refractivity contribution in [1.29, 1.82) is 0 Å². The minimum atomic E-state index is -3.47. The lowest BCUT2D eigenvalue weighted by atomic mass is 9.92. The van der Waals surface area contributed by atoms with Crippen molar-refractivity contribution >= 4 is 21.4 Å². The summed E-state index contributed by atoms with van der Waals surface area (Å²) in [7, 11) is -1.83. The van der Waals surface area contributed by atoms with Gasteiger partial charge in [0.05, 0.1) is 17.2 Å². The molecule has 7 heteroatoms. The number of hydrogen-bond donors (Lipinski definition) is 1. The summed E-state index contributed by atoms with van der Waals surface area (Å²) < 4.78 is 32.7. The molecule has 0 unspecified atom stereocenters. The maximum absolute atomic E-state index is 12.5. The standard InChI is InChI=1S/C17H22N2O3S2/c1-22-11-17-19-15(12-23-17)8-9-18-24(20,21)16-7-6-13-4-2-3-5-14(13)10-16/h6-7,10,12,18H,2-5,8-9,11H2,1H3. The van der Waals surface area contributed by atoms with Crippen LogP contribution in [0.15, 0.2) is 28.5 Å². The average Bonchev–Trinajstić information content (AvgIpc) is 3.02. The first-order valence-corrected chi connectivity index (χ1v) is 10.5. The highest BCUT2D eigenvalue weighted by Crippen LogP contribution is 2.24. The number of thiazole rings is 1. The predicted molar refractivity (Wildman–Crippen MR) is 94.8 cm³/mol. The molecule has 0 saturated heterocycles. The summed E-state index contributed by atoms with van der Waals surface area (Å²) in [6.45, 7) is 0.834. The number of methoxy groups -OCH3 is 1. The van der Waals surface area contributed by atoms with Crippen molar-refractivity contribution in [3.8, 4) is 0 Å². The van der Waals surface area contributed by atoms with Crippen LogP contribution in [0.1, 0.15) is 34.7 Å². The van der Waals surface area contributed by atoms with E-state index in [1.54, 1.807) is 13.2 Å². The molecule has 1 aliphatic carbocycles. The van der Waals surface area contributed by atoms with Crippen LogP contribution >= 0.6 is 11.3 Å². The lowest BCUT2D eigenvalue weighted by molar-refractivity contribution is 0.184. The van der Waals surface area contributed by atoms with Gasteiger partial charge in [-0.2, -0.15) is 0 Å². The Morgan fingerprint density at radius 3 is 2.83 bits per heavy atom. The molecule has 0 atom stereocenters. The van der Waals surface area contributed by atoms with Crippen molar-refractivity contribution in [2.24, 2.45) is 0 Å². The minimum absolute atomic E-state index is 0.343. The van der Waals surface area contributed by atoms with E-state index in [2.05, 4.69) is 9.71 Å². The van der Waals surface area contributed by atoms with Gasteiger partial charge in [-0.05, 0) is 48.9 Å². The monoisotopic (exact) mass is 366 g/mol. The van der Waals surface area contributed by atoms with Crippen molar-refractivity contribution < 1.29 is 13.2 Å². The average molecular weight is 367 g/mol. The third-order valence-corrected chi connectivity index (χ3v) is 6.50. The van der Waals surface area contributed by atoms with Crippen molar-refractivity contribution in [2.75, 3.05) is 13.7 Å². The molecule has 130 valence electrons. The van der Waals surface area contributed by atoms with Gasteiger partial charge in [-0.3, -0.25) is 0 Å². The van der Waals surface area contributed by atoms with Crippen LogP contribution in [0.3, 0.4) is 0 Å². The molecule has 0 fully saturated rings. The number of hydrogen-bond acceptors (Lipinski definition) is 5. The van der Waals surface area contributed by atoms with Gasteiger partial charge < -0.3 is 4.74 Å². The molecule has 3 rings (SSSR count). The predicted octanol–water partition coefficient (Wildman–Crippen LogP) is 2.69. The molecule has 0 amide bonds. The molecular formula is C17H22N2O3S2. The maximum Gasteiger partial charge on any atom is 0.240 e. The first-order chi connectivity index (χ1) is 11.6. The molecular weight excluding hydrogens is 344 g/mol. The Hall–Kier alpha value is -1.28. The van der Waals surface area contributed by atoms with Crippen molar-refractivity contribution in [2.45, 2.75) is 43.6 Å². The van der Waals surface area contributed by atoms with Gasteiger partial charge >= 0.3 is 0 Å². The summed E-state index contributed by atoms with van der Waals surface area (Å²) in [5.74, 6) is 0. The van der Waals surface area contributed by atoms with E-state index in [0.717, 1.165) is 30.0 Å². The number of sulfonamides is 1. The molecule has 0 bridgehead atoms. The zero-order valence-electron chi connectivity index (χ0n) is 13.7. The molecule has 1 heterocycles. The zero-order valence-corrected chi connectivity index (χ0v) is 15.4. The molecule has 1 N–H and O–H groups in total. The molecule has 24 heavy (non-hydrogen) atoms. The Morgan fingerprint density at radius 1 is 1.25 bits per heavy atom. The minimum Gasteiger partial charge on any atom is -0.378 e. The lowest BCUT2D eigenvalue weighted by Gasteiger charge is -2.16. The van der Waals surface area contributed by atoms with Crippen LogP contribution in [0.25, 0.3) is 0 Å². The highest BCUT2D eigenvalue weighted by atomic mass is 32.2. The van der Waals surface area contributed by atoms with E-state index in [4.69, 9.17) is 4.74 Å². The molecule has 0 radical (unpaired) electrons. The number of nitrogens with zero attached hydrogens (tertiary/aromatic N) is 1. The van der Waals surface area contributed by atoms with Crippen LogP contribution in [-0.4, -0.2) is 27.1 Å². The summed E-state index contributed by atoms with van der Waals surface area (Å²) in [5.41, 5.74) is 3.35. The number of aromatic nitrogens is 1. The number of fused-ring (bicyclic) bond motifs is 1. The molecule has 5 nitrogen and oxygen atoms in total. The van der Waals surface area contributed by atoms with Gasteiger partial charge in [0, 0.05) is 25.5 Å². The summed E-state index contributed by atoms with van der Waals surface area (Å²) in [5, 5.41) is 2.85. The number of benzene rings is 1. The molecule has 1 aromatic heterocycles. The smallest absolute Gasteiger partial charge is 0.240 e. The van der Waals surface area contributed by atoms with E-state index in [1.807, 2.05) is 17.5 Å². The Labute approximate surface area is 147 Å². The lowest BCUT2D eigenvalue weighted by Crippen LogP contribution is -2.26. The van der Waals surface area contributed by atoms with Crippen LogP contribution < -0.4 is 4.72 Å². The third-order valence-electron chi connectivity index (χ3n) is 4.17. The topological polar surface area (TPSA) is 68.3 Å². The molecule has 0 aliphatic heterocycles. The van der Waals surface area contributed by atoms with Gasteiger partial charge in [0.2, 0.25) is 10.0 Å². The van der Waals surface area contributed by atoms with Gasteiger partial charge in [0.25, 0.3) is 0 Å². The summed E-state index contributed by atoms with van der Waals surface area (Å²) in [6.07, 6.45) is 4.93. The second-order valence-corrected chi connectivity index (χ2v) is 8.66. The van der Waals surface area contributed by atoms with E-state index in [0.29, 0.717) is 24.5 Å². The summed E-state index contributed by atoms with van der Waals surface area (Å²) in [6, 6.07) is 5.50. The van der Waals surface area contributed by atoms with E-state index in [9.17, 15) is 8.42 Å². The fraction of sp³-hybridized carbons (Fsp3) is 0.471. The molecule has 0 saturated carbocycles. The zero-order chi connectivity index (χ0) is 17.0. The van der Waals surface area contributed by atoms with Gasteiger partial charge in [0.15, 0.2) is 0 Å². The fourth-order valence-electron chi connectivity index (χ4n) is 2.93. The first kappa shape index (κ1) is 17.5. The van der Waals surface area contributed by atoms with Crippen LogP contribution in [-0.2, 0) is 40.6 Å². The number of rotatable bonds is 7. The highest BCUT2D eigenvalue weighted by molar-refractivity contribution is 7.89. The Morgan fingerprint density at radius 2 is 2.04 bits per heavy atom. The fourth-order valence-corrected chi connectivity index (χ4v) is 4.81. The third kappa shape index (κ3) is 4.22. The van der Waals surface area contributed by atoms with Crippen LogP contribution in [0.2, 0.25) is 0 Å². The van der Waals surface area contributed by atoms with Crippen molar-refractivity contribution in [1.82, 2.24) is 9.71 Å². The first-order valence-electron chi connectivity index (χ1n) is 8.12. The van der Waals surface area contributed by atoms with Crippen LogP contribution in [0.4, 0.5) is 0 Å².